The van der Waals surface area contributed by atoms with E-state index in [1.54, 1.807) is 12.5 Å². The molecule has 5 heteroatoms. The number of nitrogens with two attached hydrogens (primary N) is 1. The molecule has 0 aliphatic heterocycles. The number of anilines is 1. The second-order valence-electron chi connectivity index (χ2n) is 4.17. The zero-order valence-electron chi connectivity index (χ0n) is 10.5. The van der Waals surface area contributed by atoms with Crippen LogP contribution in [0.25, 0.3) is 0 Å². The highest BCUT2D eigenvalue weighted by atomic mass is 35.5. The molecule has 2 aromatic heterocycles. The van der Waals surface area contributed by atoms with Crippen LogP contribution in [-0.2, 0) is 13.1 Å². The van der Waals surface area contributed by atoms with Gasteiger partial charge in [0.25, 0.3) is 0 Å². The summed E-state index contributed by atoms with van der Waals surface area (Å²) in [4.78, 5) is 6.29. The third kappa shape index (κ3) is 2.49. The molecular weight excluding hydrogens is 250 g/mol. The summed E-state index contributed by atoms with van der Waals surface area (Å²) in [6, 6.07) is 3.79. The molecule has 0 atom stereocenters. The molecule has 4 nitrogen and oxygen atoms in total. The van der Waals surface area contributed by atoms with E-state index >= 15 is 0 Å². The average Bonchev–Trinajstić information content (AvgIpc) is 2.75. The van der Waals surface area contributed by atoms with Crippen molar-refractivity contribution in [2.45, 2.75) is 20.0 Å². The van der Waals surface area contributed by atoms with E-state index in [0.29, 0.717) is 18.1 Å². The second-order valence-corrected chi connectivity index (χ2v) is 4.55. The van der Waals surface area contributed by atoms with E-state index in [4.69, 9.17) is 21.8 Å². The van der Waals surface area contributed by atoms with Crippen molar-refractivity contribution < 1.29 is 4.42 Å². The van der Waals surface area contributed by atoms with Crippen molar-refractivity contribution in [3.63, 3.8) is 0 Å². The fraction of sp³-hybridized carbons (Fsp3) is 0.308. The lowest BCUT2D eigenvalue weighted by atomic mass is 10.2. The quantitative estimate of drug-likeness (QED) is 0.924. The number of nitrogens with zero attached hydrogens (tertiary/aromatic N) is 2. The number of pyridine rings is 1. The number of aryl methyl sites for hydroxylation is 1. The molecule has 0 bridgehead atoms. The van der Waals surface area contributed by atoms with Gasteiger partial charge in [-0.25, -0.2) is 4.98 Å². The Kier molecular flexibility index (Phi) is 3.89. The molecule has 0 saturated carbocycles. The first kappa shape index (κ1) is 12.9. The van der Waals surface area contributed by atoms with Gasteiger partial charge in [-0.2, -0.15) is 0 Å². The van der Waals surface area contributed by atoms with Gasteiger partial charge in [0.1, 0.15) is 11.6 Å². The molecule has 0 aromatic carbocycles. The monoisotopic (exact) mass is 265 g/mol. The SMILES string of the molecule is Cc1occc1CN(C)c1nccc(CN)c1Cl. The second kappa shape index (κ2) is 5.42. The minimum absolute atomic E-state index is 0.410. The minimum atomic E-state index is 0.410. The van der Waals surface area contributed by atoms with Gasteiger partial charge in [-0.15, -0.1) is 0 Å². The van der Waals surface area contributed by atoms with Crippen molar-refractivity contribution in [1.82, 2.24) is 4.98 Å². The molecule has 0 unspecified atom stereocenters. The summed E-state index contributed by atoms with van der Waals surface area (Å²) < 4.78 is 5.28. The van der Waals surface area contributed by atoms with Gasteiger partial charge in [-0.1, -0.05) is 11.6 Å². The standard InChI is InChI=1S/C13H16ClN3O/c1-9-11(4-6-18-9)8-17(2)13-12(14)10(7-15)3-5-16-13/h3-6H,7-8,15H2,1-2H3. The van der Waals surface area contributed by atoms with Crippen LogP contribution in [-0.4, -0.2) is 12.0 Å². The van der Waals surface area contributed by atoms with E-state index in [2.05, 4.69) is 4.98 Å². The predicted molar refractivity (Wildman–Crippen MR) is 72.7 cm³/mol. The largest absolute Gasteiger partial charge is 0.469 e. The summed E-state index contributed by atoms with van der Waals surface area (Å²) in [5.74, 6) is 1.65. The topological polar surface area (TPSA) is 55.3 Å². The van der Waals surface area contributed by atoms with Crippen LogP contribution < -0.4 is 10.6 Å². The van der Waals surface area contributed by atoms with Gasteiger partial charge in [-0.3, -0.25) is 0 Å². The Labute approximate surface area is 111 Å². The van der Waals surface area contributed by atoms with E-state index in [1.165, 1.54) is 0 Å². The van der Waals surface area contributed by atoms with Gasteiger partial charge in [-0.05, 0) is 24.6 Å². The summed E-state index contributed by atoms with van der Waals surface area (Å²) in [6.45, 7) is 3.05. The van der Waals surface area contributed by atoms with Crippen LogP contribution in [0.2, 0.25) is 5.02 Å². The minimum Gasteiger partial charge on any atom is -0.469 e. The van der Waals surface area contributed by atoms with Crippen molar-refractivity contribution in [2.24, 2.45) is 5.73 Å². The number of rotatable bonds is 4. The molecule has 96 valence electrons. The van der Waals surface area contributed by atoms with Crippen molar-refractivity contribution in [3.8, 4) is 0 Å². The Morgan fingerprint density at radius 1 is 1.39 bits per heavy atom. The van der Waals surface area contributed by atoms with Crippen molar-refractivity contribution in [2.75, 3.05) is 11.9 Å². The molecular formula is C13H16ClN3O. The lowest BCUT2D eigenvalue weighted by Gasteiger charge is -2.20. The van der Waals surface area contributed by atoms with Crippen LogP contribution in [0, 0.1) is 6.92 Å². The number of hydrogen-bond donors (Lipinski definition) is 1. The maximum atomic E-state index is 6.28. The Morgan fingerprint density at radius 2 is 2.17 bits per heavy atom. The molecule has 0 aliphatic carbocycles. The molecule has 0 spiro atoms. The van der Waals surface area contributed by atoms with Crippen LogP contribution in [0.15, 0.2) is 29.0 Å². The Bertz CT molecular complexity index is 539. The Hall–Kier alpha value is -1.52. The van der Waals surface area contributed by atoms with Crippen LogP contribution in [0.1, 0.15) is 16.9 Å². The maximum Gasteiger partial charge on any atom is 0.147 e. The highest BCUT2D eigenvalue weighted by molar-refractivity contribution is 6.33. The zero-order valence-corrected chi connectivity index (χ0v) is 11.2. The zero-order chi connectivity index (χ0) is 13.1. The molecule has 0 saturated heterocycles. The molecule has 0 aliphatic rings. The first-order chi connectivity index (χ1) is 8.63. The smallest absolute Gasteiger partial charge is 0.147 e. The van der Waals surface area contributed by atoms with Crippen molar-refractivity contribution in [1.29, 1.82) is 0 Å². The lowest BCUT2D eigenvalue weighted by molar-refractivity contribution is 0.529. The molecule has 2 rings (SSSR count). The van der Waals surface area contributed by atoms with Crippen LogP contribution >= 0.6 is 11.6 Å². The fourth-order valence-electron chi connectivity index (χ4n) is 1.80. The van der Waals surface area contributed by atoms with Gasteiger partial charge >= 0.3 is 0 Å². The van der Waals surface area contributed by atoms with Gasteiger partial charge in [0.2, 0.25) is 0 Å². The van der Waals surface area contributed by atoms with E-state index in [1.807, 2.05) is 31.0 Å². The third-order valence-corrected chi connectivity index (χ3v) is 3.32. The highest BCUT2D eigenvalue weighted by Crippen LogP contribution is 2.27. The number of furan rings is 1. The Morgan fingerprint density at radius 3 is 2.78 bits per heavy atom. The summed E-state index contributed by atoms with van der Waals surface area (Å²) in [5.41, 5.74) is 7.65. The first-order valence-electron chi connectivity index (χ1n) is 5.71. The molecule has 18 heavy (non-hydrogen) atoms. The molecule has 2 N–H and O–H groups in total. The Balaban J connectivity index is 2.24. The van der Waals surface area contributed by atoms with Crippen LogP contribution in [0.5, 0.6) is 0 Å². The molecule has 2 heterocycles. The average molecular weight is 266 g/mol. The molecule has 0 radical (unpaired) electrons. The maximum absolute atomic E-state index is 6.28. The first-order valence-corrected chi connectivity index (χ1v) is 6.08. The van der Waals surface area contributed by atoms with Crippen molar-refractivity contribution >= 4 is 17.4 Å². The van der Waals surface area contributed by atoms with Gasteiger partial charge < -0.3 is 15.1 Å². The summed E-state index contributed by atoms with van der Waals surface area (Å²) in [5, 5.41) is 0.614. The molecule has 0 amide bonds. The summed E-state index contributed by atoms with van der Waals surface area (Å²) in [6.07, 6.45) is 3.41. The highest BCUT2D eigenvalue weighted by Gasteiger charge is 2.12. The van der Waals surface area contributed by atoms with E-state index in [0.717, 1.165) is 22.7 Å². The molecule has 0 fully saturated rings. The normalized spacial score (nSPS) is 10.7. The number of aromatic nitrogens is 1. The third-order valence-electron chi connectivity index (χ3n) is 2.91. The van der Waals surface area contributed by atoms with Gasteiger partial charge in [0.15, 0.2) is 0 Å². The van der Waals surface area contributed by atoms with Crippen LogP contribution in [0.3, 0.4) is 0 Å². The van der Waals surface area contributed by atoms with Crippen LogP contribution in [0.4, 0.5) is 5.82 Å². The van der Waals surface area contributed by atoms with Crippen molar-refractivity contribution in [3.05, 3.63) is 46.5 Å². The van der Waals surface area contributed by atoms with Gasteiger partial charge in [0, 0.05) is 31.9 Å². The number of halogens is 1. The van der Waals surface area contributed by atoms with E-state index in [9.17, 15) is 0 Å². The summed E-state index contributed by atoms with van der Waals surface area (Å²) in [7, 11) is 1.95. The lowest BCUT2D eigenvalue weighted by Crippen LogP contribution is -2.19. The fourth-order valence-corrected chi connectivity index (χ4v) is 2.13. The number of hydrogen-bond acceptors (Lipinski definition) is 4. The molecule has 2 aromatic rings. The van der Waals surface area contributed by atoms with E-state index in [-0.39, 0.29) is 0 Å². The van der Waals surface area contributed by atoms with Gasteiger partial charge in [0.05, 0.1) is 11.3 Å². The van der Waals surface area contributed by atoms with E-state index < -0.39 is 0 Å². The predicted octanol–water partition coefficient (Wildman–Crippen LogP) is 2.73. The summed E-state index contributed by atoms with van der Waals surface area (Å²) >= 11 is 6.28.